The maximum Gasteiger partial charge on any atom is 0.220 e. The highest BCUT2D eigenvalue weighted by atomic mass is 15.2. The predicted molar refractivity (Wildman–Crippen MR) is 60.4 cm³/mol. The number of rotatable bonds is 2. The predicted octanol–water partition coefficient (Wildman–Crippen LogP) is 0.234. The van der Waals surface area contributed by atoms with Crippen LogP contribution in [-0.4, -0.2) is 29.6 Å². The minimum absolute atomic E-state index is 0.329. The maximum atomic E-state index is 5.65. The summed E-state index contributed by atoms with van der Waals surface area (Å²) in [6.07, 6.45) is 5.87. The molecule has 0 unspecified atom stereocenters. The van der Waals surface area contributed by atoms with E-state index in [4.69, 9.17) is 11.5 Å². The fraction of sp³-hybridized carbons (Fsp3) is 0.600. The van der Waals surface area contributed by atoms with E-state index in [1.807, 2.05) is 0 Å². The van der Waals surface area contributed by atoms with E-state index >= 15 is 0 Å². The van der Waals surface area contributed by atoms with Gasteiger partial charge in [-0.25, -0.2) is 9.97 Å². The molecule has 1 saturated heterocycles. The summed E-state index contributed by atoms with van der Waals surface area (Å²) in [5.41, 5.74) is 12.1. The van der Waals surface area contributed by atoms with Crippen molar-refractivity contribution in [3.05, 3.63) is 12.4 Å². The van der Waals surface area contributed by atoms with Gasteiger partial charge in [0.2, 0.25) is 5.95 Å². The molecule has 2 heterocycles. The molecule has 0 atom stereocenters. The second kappa shape index (κ2) is 4.44. The largest absolute Gasteiger partial charge is 0.369 e. The van der Waals surface area contributed by atoms with E-state index in [1.54, 1.807) is 12.4 Å². The number of nitrogens with two attached hydrogens (primary N) is 2. The number of nitrogen functional groups attached to an aromatic ring is 1. The third-order valence-corrected chi connectivity index (χ3v) is 2.97. The maximum absolute atomic E-state index is 5.65. The Morgan fingerprint density at radius 3 is 2.40 bits per heavy atom. The van der Waals surface area contributed by atoms with Crippen molar-refractivity contribution in [1.29, 1.82) is 0 Å². The van der Waals surface area contributed by atoms with Gasteiger partial charge in [-0.05, 0) is 25.3 Å². The average molecular weight is 207 g/mol. The molecule has 0 aromatic carbocycles. The molecule has 0 spiro atoms. The van der Waals surface area contributed by atoms with Crippen molar-refractivity contribution < 1.29 is 0 Å². The number of anilines is 2. The molecular weight excluding hydrogens is 190 g/mol. The molecule has 1 aromatic rings. The Morgan fingerprint density at radius 2 is 1.87 bits per heavy atom. The van der Waals surface area contributed by atoms with E-state index in [2.05, 4.69) is 14.9 Å². The quantitative estimate of drug-likeness (QED) is 0.725. The molecule has 5 nitrogen and oxygen atoms in total. The van der Waals surface area contributed by atoms with Gasteiger partial charge in [0, 0.05) is 13.1 Å². The number of hydrogen-bond donors (Lipinski definition) is 2. The number of nitrogens with zero attached hydrogens (tertiary/aromatic N) is 3. The molecular formula is C10H17N5. The van der Waals surface area contributed by atoms with Gasteiger partial charge in [-0.2, -0.15) is 0 Å². The van der Waals surface area contributed by atoms with Crippen LogP contribution in [0.4, 0.5) is 11.6 Å². The normalized spacial score (nSPS) is 18.1. The zero-order valence-electron chi connectivity index (χ0n) is 8.76. The number of hydrogen-bond acceptors (Lipinski definition) is 5. The molecule has 1 fully saturated rings. The van der Waals surface area contributed by atoms with Gasteiger partial charge in [0.05, 0.1) is 18.1 Å². The van der Waals surface area contributed by atoms with Crippen molar-refractivity contribution >= 4 is 11.6 Å². The van der Waals surface area contributed by atoms with Crippen LogP contribution in [0.3, 0.4) is 0 Å². The minimum atomic E-state index is 0.329. The Morgan fingerprint density at radius 1 is 1.27 bits per heavy atom. The van der Waals surface area contributed by atoms with E-state index in [0.29, 0.717) is 11.9 Å². The molecule has 0 saturated carbocycles. The zero-order chi connectivity index (χ0) is 10.7. The highest BCUT2D eigenvalue weighted by molar-refractivity contribution is 5.43. The monoisotopic (exact) mass is 207 g/mol. The third kappa shape index (κ3) is 2.36. The van der Waals surface area contributed by atoms with Crippen LogP contribution in [0.25, 0.3) is 0 Å². The molecule has 0 bridgehead atoms. The molecule has 1 aromatic heterocycles. The summed E-state index contributed by atoms with van der Waals surface area (Å²) in [6.45, 7) is 2.87. The lowest BCUT2D eigenvalue weighted by Gasteiger charge is -2.32. The first-order valence-corrected chi connectivity index (χ1v) is 5.32. The molecule has 15 heavy (non-hydrogen) atoms. The number of piperidine rings is 1. The van der Waals surface area contributed by atoms with Crippen molar-refractivity contribution in [3.8, 4) is 0 Å². The van der Waals surface area contributed by atoms with Crippen LogP contribution in [-0.2, 0) is 0 Å². The fourth-order valence-electron chi connectivity index (χ4n) is 1.92. The topological polar surface area (TPSA) is 81.1 Å². The lowest BCUT2D eigenvalue weighted by atomic mass is 9.97. The summed E-state index contributed by atoms with van der Waals surface area (Å²) < 4.78 is 0. The summed E-state index contributed by atoms with van der Waals surface area (Å²) in [6, 6.07) is 0. The average Bonchev–Trinajstić information content (AvgIpc) is 2.30. The third-order valence-electron chi connectivity index (χ3n) is 2.97. The SMILES string of the molecule is NCC1CCN(c2cnc(N)nc2)CC1. The molecule has 0 aliphatic carbocycles. The molecule has 5 heteroatoms. The summed E-state index contributed by atoms with van der Waals surface area (Å²) in [5.74, 6) is 1.01. The molecule has 1 aliphatic rings. The van der Waals surface area contributed by atoms with Crippen molar-refractivity contribution in [2.45, 2.75) is 12.8 Å². The van der Waals surface area contributed by atoms with Crippen molar-refractivity contribution in [2.75, 3.05) is 30.3 Å². The summed E-state index contributed by atoms with van der Waals surface area (Å²) in [7, 11) is 0. The molecule has 0 amide bonds. The van der Waals surface area contributed by atoms with E-state index < -0.39 is 0 Å². The number of aromatic nitrogens is 2. The Bertz CT molecular complexity index is 302. The van der Waals surface area contributed by atoms with Gasteiger partial charge < -0.3 is 16.4 Å². The Balaban J connectivity index is 1.98. The van der Waals surface area contributed by atoms with E-state index in [1.165, 1.54) is 0 Å². The lowest BCUT2D eigenvalue weighted by molar-refractivity contribution is 0.414. The van der Waals surface area contributed by atoms with Crippen LogP contribution in [0.2, 0.25) is 0 Å². The van der Waals surface area contributed by atoms with Gasteiger partial charge >= 0.3 is 0 Å². The lowest BCUT2D eigenvalue weighted by Crippen LogP contribution is -2.36. The van der Waals surface area contributed by atoms with Gasteiger partial charge in [0.25, 0.3) is 0 Å². The standard InChI is InChI=1S/C10H17N5/c11-5-8-1-3-15(4-2-8)9-6-13-10(12)14-7-9/h6-8H,1-5,11H2,(H2,12,13,14). The van der Waals surface area contributed by atoms with E-state index in [9.17, 15) is 0 Å². The molecule has 2 rings (SSSR count). The van der Waals surface area contributed by atoms with Crippen LogP contribution in [0.15, 0.2) is 12.4 Å². The van der Waals surface area contributed by atoms with Crippen molar-refractivity contribution in [2.24, 2.45) is 11.7 Å². The first-order valence-electron chi connectivity index (χ1n) is 5.32. The highest BCUT2D eigenvalue weighted by Gasteiger charge is 2.18. The second-order valence-electron chi connectivity index (χ2n) is 3.97. The van der Waals surface area contributed by atoms with Crippen molar-refractivity contribution in [1.82, 2.24) is 9.97 Å². The van der Waals surface area contributed by atoms with Crippen LogP contribution < -0.4 is 16.4 Å². The van der Waals surface area contributed by atoms with Crippen LogP contribution >= 0.6 is 0 Å². The summed E-state index contributed by atoms with van der Waals surface area (Å²) in [4.78, 5) is 10.3. The van der Waals surface area contributed by atoms with Gasteiger partial charge in [-0.15, -0.1) is 0 Å². The van der Waals surface area contributed by atoms with Gasteiger partial charge in [-0.3, -0.25) is 0 Å². The van der Waals surface area contributed by atoms with Crippen LogP contribution in [0.1, 0.15) is 12.8 Å². The molecule has 4 N–H and O–H groups in total. The minimum Gasteiger partial charge on any atom is -0.369 e. The highest BCUT2D eigenvalue weighted by Crippen LogP contribution is 2.21. The van der Waals surface area contributed by atoms with Gasteiger partial charge in [0.15, 0.2) is 0 Å². The molecule has 1 aliphatic heterocycles. The van der Waals surface area contributed by atoms with Crippen LogP contribution in [0, 0.1) is 5.92 Å². The van der Waals surface area contributed by atoms with Gasteiger partial charge in [0.1, 0.15) is 0 Å². The van der Waals surface area contributed by atoms with E-state index in [0.717, 1.165) is 38.2 Å². The smallest absolute Gasteiger partial charge is 0.220 e. The first-order chi connectivity index (χ1) is 7.29. The zero-order valence-corrected chi connectivity index (χ0v) is 8.76. The van der Waals surface area contributed by atoms with E-state index in [-0.39, 0.29) is 0 Å². The Labute approximate surface area is 89.5 Å². The molecule has 0 radical (unpaired) electrons. The molecule has 82 valence electrons. The first kappa shape index (κ1) is 10.2. The Kier molecular flexibility index (Phi) is 3.01. The Hall–Kier alpha value is -1.36. The van der Waals surface area contributed by atoms with Gasteiger partial charge in [-0.1, -0.05) is 0 Å². The summed E-state index contributed by atoms with van der Waals surface area (Å²) in [5, 5.41) is 0. The van der Waals surface area contributed by atoms with Crippen LogP contribution in [0.5, 0.6) is 0 Å². The summed E-state index contributed by atoms with van der Waals surface area (Å²) >= 11 is 0. The fourth-order valence-corrected chi connectivity index (χ4v) is 1.92. The van der Waals surface area contributed by atoms with Crippen molar-refractivity contribution in [3.63, 3.8) is 0 Å². The second-order valence-corrected chi connectivity index (χ2v) is 3.97.